The lowest BCUT2D eigenvalue weighted by molar-refractivity contribution is -0.142. The van der Waals surface area contributed by atoms with Crippen LogP contribution in [0.4, 0.5) is 0 Å². The van der Waals surface area contributed by atoms with Crippen molar-refractivity contribution >= 4 is 83.0 Å². The Hall–Kier alpha value is -8.46. The van der Waals surface area contributed by atoms with Gasteiger partial charge in [0.1, 0.15) is 48.3 Å². The maximum Gasteiger partial charge on any atom is 0.326 e. The van der Waals surface area contributed by atoms with Gasteiger partial charge in [-0.2, -0.15) is 0 Å². The van der Waals surface area contributed by atoms with Crippen LogP contribution in [0.5, 0.6) is 0 Å². The van der Waals surface area contributed by atoms with E-state index in [4.69, 9.17) is 61.4 Å². The zero-order chi connectivity index (χ0) is 64.4. The fraction of sp³-hybridized carbons (Fsp3) is 0.720. The molecule has 0 spiro atoms. The Balaban J connectivity index is 6.70. The predicted octanol–water partition coefficient (Wildman–Crippen LogP) is -5.78. The second-order valence-electron chi connectivity index (χ2n) is 21.5. The van der Waals surface area contributed by atoms with Crippen LogP contribution in [0, 0.1) is 50.7 Å². The molecule has 0 heterocycles. The first-order chi connectivity index (χ1) is 39.2. The van der Waals surface area contributed by atoms with Crippen LogP contribution in [0.1, 0.15) is 120 Å². The van der Waals surface area contributed by atoms with Crippen molar-refractivity contribution in [2.24, 2.45) is 58.1 Å². The summed E-state index contributed by atoms with van der Waals surface area (Å²) < 4.78 is 0. The van der Waals surface area contributed by atoms with Crippen LogP contribution < -0.4 is 104 Å². The molecule has 31 N–H and O–H groups in total. The fourth-order valence-electron chi connectivity index (χ4n) is 8.06. The van der Waals surface area contributed by atoms with Crippen molar-refractivity contribution in [2.45, 2.75) is 174 Å². The molecule has 0 aliphatic heterocycles. The standard InChI is InChI=1S/C50H98N24O10/c1-24(2)33(41(79)68-29(15-10-20-63-47(54)55)38(76)70-32(45(83)84)18-13-23-66-50(60)61)73-44(82)36(27(7)8)72-40(78)31(17-12-22-65-49(58)59)69-42(80)34(25(3)4)74-43(81)35(26(5)6)71-39(77)30(16-11-21-64-48(56)57)67-37(75)28(51)14-9-19-62-46(52)53/h24-36H,9-23,51H2,1-8H3,(H,67,75)(H,68,79)(H,69,80)(H,70,76)(H,71,77)(H,72,78)(H,73,82)(H,74,81)(H,83,84)(H4,52,53,62)(H4,54,55,63)(H4,56,57,64)(H4,58,59,65)(H4,60,61,66)/t28-,29-,30-,31-,32-,33-,34-,35-,36-/m0/s1. The van der Waals surface area contributed by atoms with Crippen molar-refractivity contribution in [3.8, 4) is 0 Å². The third-order valence-corrected chi connectivity index (χ3v) is 12.8. The van der Waals surface area contributed by atoms with Crippen LogP contribution in [-0.4, -0.2) is 175 Å². The number of carboxylic acid groups (broad SMARTS) is 1. The molecule has 0 aromatic rings. The number of amides is 8. The maximum atomic E-state index is 14.3. The summed E-state index contributed by atoms with van der Waals surface area (Å²) in [4.78, 5) is 124. The van der Waals surface area contributed by atoms with Gasteiger partial charge in [-0.15, -0.1) is 0 Å². The van der Waals surface area contributed by atoms with Crippen molar-refractivity contribution in [2.75, 3.05) is 32.7 Å². The van der Waals surface area contributed by atoms with E-state index in [2.05, 4.69) is 69.1 Å². The van der Waals surface area contributed by atoms with Crippen molar-refractivity contribution in [1.82, 2.24) is 69.1 Å². The van der Waals surface area contributed by atoms with Gasteiger partial charge in [0.15, 0.2) is 29.8 Å². The molecule has 0 radical (unpaired) electrons. The molecule has 8 amide bonds. The van der Waals surface area contributed by atoms with Gasteiger partial charge in [0.25, 0.3) is 0 Å². The number of nitrogens with two attached hydrogens (primary N) is 6. The Morgan fingerprint density at radius 3 is 0.774 bits per heavy atom. The van der Waals surface area contributed by atoms with E-state index in [0.29, 0.717) is 6.42 Å². The highest BCUT2D eigenvalue weighted by Gasteiger charge is 2.37. The molecule has 0 aliphatic carbocycles. The van der Waals surface area contributed by atoms with Gasteiger partial charge in [0.2, 0.25) is 47.3 Å². The molecule has 0 fully saturated rings. The summed E-state index contributed by atoms with van der Waals surface area (Å²) in [6.45, 7) is 13.8. The van der Waals surface area contributed by atoms with E-state index in [-0.39, 0.29) is 120 Å². The van der Waals surface area contributed by atoms with Crippen molar-refractivity contribution in [1.29, 1.82) is 27.0 Å². The molecule has 478 valence electrons. The summed E-state index contributed by atoms with van der Waals surface area (Å²) in [7, 11) is 0. The number of carboxylic acids is 1. The smallest absolute Gasteiger partial charge is 0.326 e. The molecule has 0 aromatic carbocycles. The molecular weight excluding hydrogens is 1100 g/mol. The number of carbonyl (C=O) groups is 9. The Morgan fingerprint density at radius 2 is 0.524 bits per heavy atom. The van der Waals surface area contributed by atoms with Gasteiger partial charge < -0.3 is 109 Å². The van der Waals surface area contributed by atoms with E-state index in [1.165, 1.54) is 0 Å². The Labute approximate surface area is 490 Å². The van der Waals surface area contributed by atoms with Crippen LogP contribution in [0.2, 0.25) is 0 Å². The SMILES string of the molecule is CC(C)[C@H](NC(=O)[C@H](CCCNC(=N)N)NC(=O)[C@@H](NC(=O)[C@@H](NC(=O)[C@H](CCCNC(=N)N)NC(=O)[C@@H](N)CCCNC(=N)N)C(C)C)C(C)C)C(=O)N[C@H](C(=O)N[C@@H](CCCNC(=N)N)C(=O)N[C@@H](CCCNC(=N)N)C(=O)O)C(C)C. The third-order valence-electron chi connectivity index (χ3n) is 12.8. The van der Waals surface area contributed by atoms with E-state index in [1.54, 1.807) is 55.4 Å². The first-order valence-electron chi connectivity index (χ1n) is 28.0. The average Bonchev–Trinajstić information content (AvgIpc) is 3.50. The number of aliphatic carboxylic acids is 1. The van der Waals surface area contributed by atoms with Gasteiger partial charge >= 0.3 is 5.97 Å². The molecule has 0 saturated heterocycles. The molecule has 0 saturated carbocycles. The zero-order valence-corrected chi connectivity index (χ0v) is 49.7. The van der Waals surface area contributed by atoms with Gasteiger partial charge in [-0.25, -0.2) is 4.79 Å². The molecule has 84 heavy (non-hydrogen) atoms. The quantitative estimate of drug-likeness (QED) is 0.0154. The third kappa shape index (κ3) is 31.7. The monoisotopic (exact) mass is 1190 g/mol. The summed E-state index contributed by atoms with van der Waals surface area (Å²) in [5.74, 6) is -11.8. The lowest BCUT2D eigenvalue weighted by Crippen LogP contribution is -2.62. The van der Waals surface area contributed by atoms with Gasteiger partial charge in [0.05, 0.1) is 6.04 Å². The fourth-order valence-corrected chi connectivity index (χ4v) is 8.06. The van der Waals surface area contributed by atoms with Crippen molar-refractivity contribution in [3.63, 3.8) is 0 Å². The van der Waals surface area contributed by atoms with E-state index >= 15 is 0 Å². The van der Waals surface area contributed by atoms with E-state index < -0.39 is 131 Å². The minimum absolute atomic E-state index is 0.0327. The first-order valence-corrected chi connectivity index (χ1v) is 28.0. The number of rotatable bonds is 41. The highest BCUT2D eigenvalue weighted by molar-refractivity contribution is 5.98. The molecule has 0 aromatic heterocycles. The van der Waals surface area contributed by atoms with Gasteiger partial charge in [-0.05, 0) is 87.9 Å². The summed E-state index contributed by atoms with van der Waals surface area (Å²) in [5.41, 5.74) is 33.0. The van der Waals surface area contributed by atoms with Gasteiger partial charge in [-0.3, -0.25) is 65.4 Å². The molecule has 0 rings (SSSR count). The van der Waals surface area contributed by atoms with E-state index in [9.17, 15) is 48.3 Å². The maximum absolute atomic E-state index is 14.3. The molecule has 34 nitrogen and oxygen atoms in total. The highest BCUT2D eigenvalue weighted by Crippen LogP contribution is 2.13. The average molecular weight is 1200 g/mol. The summed E-state index contributed by atoms with van der Waals surface area (Å²) >= 11 is 0. The van der Waals surface area contributed by atoms with Crippen LogP contribution in [0.15, 0.2) is 0 Å². The molecule has 9 atom stereocenters. The molecular formula is C50H98N24O10. The lowest BCUT2D eigenvalue weighted by Gasteiger charge is -2.31. The second kappa shape index (κ2) is 39.9. The largest absolute Gasteiger partial charge is 0.480 e. The van der Waals surface area contributed by atoms with Crippen LogP contribution in [0.25, 0.3) is 0 Å². The van der Waals surface area contributed by atoms with Crippen LogP contribution in [-0.2, 0) is 43.2 Å². The molecule has 34 heteroatoms. The minimum Gasteiger partial charge on any atom is -0.480 e. The number of nitrogens with one attached hydrogen (secondary N) is 18. The van der Waals surface area contributed by atoms with Crippen LogP contribution in [0.3, 0.4) is 0 Å². The number of hydrogen-bond acceptors (Lipinski definition) is 15. The number of guanidine groups is 5. The highest BCUT2D eigenvalue weighted by atomic mass is 16.4. The Bertz CT molecular complexity index is 2230. The predicted molar refractivity (Wildman–Crippen MR) is 316 cm³/mol. The lowest BCUT2D eigenvalue weighted by atomic mass is 9.97. The van der Waals surface area contributed by atoms with Gasteiger partial charge in [-0.1, -0.05) is 55.4 Å². The minimum atomic E-state index is -1.39. The first kappa shape index (κ1) is 75.5. The van der Waals surface area contributed by atoms with Crippen LogP contribution >= 0.6 is 0 Å². The van der Waals surface area contributed by atoms with E-state index in [0.717, 1.165) is 0 Å². The summed E-state index contributed by atoms with van der Waals surface area (Å²) in [6, 6.07) is -11.6. The van der Waals surface area contributed by atoms with Crippen molar-refractivity contribution in [3.05, 3.63) is 0 Å². The second-order valence-corrected chi connectivity index (χ2v) is 21.5. The summed E-state index contributed by atoms with van der Waals surface area (Å²) in [5, 5.41) is 81.1. The van der Waals surface area contributed by atoms with E-state index in [1.807, 2.05) is 0 Å². The number of carbonyl (C=O) groups excluding carboxylic acids is 8. The molecule has 0 aliphatic rings. The molecule has 0 bridgehead atoms. The topological polar surface area (TPSA) is 606 Å². The van der Waals surface area contributed by atoms with Crippen molar-refractivity contribution < 1.29 is 48.3 Å². The number of hydrogen-bond donors (Lipinski definition) is 25. The van der Waals surface area contributed by atoms with Gasteiger partial charge in [0, 0.05) is 32.7 Å². The normalized spacial score (nSPS) is 14.2. The Kier molecular flexibility index (Phi) is 35.9. The Morgan fingerprint density at radius 1 is 0.321 bits per heavy atom. The zero-order valence-electron chi connectivity index (χ0n) is 49.7. The summed E-state index contributed by atoms with van der Waals surface area (Å²) in [6.07, 6.45) is 1.16. The molecule has 0 unspecified atom stereocenters.